The molecular formula is C14H27NO4. The van der Waals surface area contributed by atoms with Crippen molar-refractivity contribution in [3.63, 3.8) is 0 Å². The maximum absolute atomic E-state index is 10.9. The average molecular weight is 273 g/mol. The van der Waals surface area contributed by atoms with Crippen LogP contribution in [0.25, 0.3) is 0 Å². The monoisotopic (exact) mass is 273 g/mol. The first-order valence-electron chi connectivity index (χ1n) is 7.14. The maximum atomic E-state index is 10.9. The Hall–Kier alpha value is -1.10. The lowest BCUT2D eigenvalue weighted by molar-refractivity contribution is -0.142. The highest BCUT2D eigenvalue weighted by Crippen LogP contribution is 2.07. The molecule has 0 saturated heterocycles. The molecule has 0 aliphatic carbocycles. The van der Waals surface area contributed by atoms with Gasteiger partial charge in [-0.05, 0) is 32.4 Å². The first kappa shape index (κ1) is 17.9. The zero-order valence-electron chi connectivity index (χ0n) is 12.1. The summed E-state index contributed by atoms with van der Waals surface area (Å²) in [5.74, 6) is -1.86. The summed E-state index contributed by atoms with van der Waals surface area (Å²) < 4.78 is 0. The lowest BCUT2D eigenvalue weighted by Crippen LogP contribution is -2.33. The minimum Gasteiger partial charge on any atom is -0.481 e. The molecule has 0 amide bonds. The molecular weight excluding hydrogens is 246 g/mol. The van der Waals surface area contributed by atoms with Crippen LogP contribution in [0.4, 0.5) is 0 Å². The number of hydrogen-bond acceptors (Lipinski definition) is 3. The van der Waals surface area contributed by atoms with Crippen LogP contribution in [-0.2, 0) is 9.59 Å². The summed E-state index contributed by atoms with van der Waals surface area (Å²) in [6, 6.07) is 0. The molecule has 2 N–H and O–H groups in total. The number of aliphatic carboxylic acids is 2. The van der Waals surface area contributed by atoms with Gasteiger partial charge in [-0.2, -0.15) is 0 Å². The van der Waals surface area contributed by atoms with Gasteiger partial charge in [-0.25, -0.2) is 0 Å². The Morgan fingerprint density at radius 2 is 1.68 bits per heavy atom. The number of hydrogen-bond donors (Lipinski definition) is 2. The third-order valence-corrected chi connectivity index (χ3v) is 3.15. The Morgan fingerprint density at radius 1 is 1.05 bits per heavy atom. The third-order valence-electron chi connectivity index (χ3n) is 3.15. The van der Waals surface area contributed by atoms with Crippen LogP contribution >= 0.6 is 0 Å². The minimum atomic E-state index is -0.757. The Morgan fingerprint density at radius 3 is 2.21 bits per heavy atom. The zero-order valence-corrected chi connectivity index (χ0v) is 12.1. The van der Waals surface area contributed by atoms with Gasteiger partial charge in [-0.1, -0.05) is 26.7 Å². The highest BCUT2D eigenvalue weighted by Gasteiger charge is 2.15. The Kier molecular flexibility index (Phi) is 10.2. The first-order valence-corrected chi connectivity index (χ1v) is 7.14. The molecule has 19 heavy (non-hydrogen) atoms. The van der Waals surface area contributed by atoms with Crippen LogP contribution in [0.3, 0.4) is 0 Å². The molecule has 0 aromatic carbocycles. The number of nitrogens with zero attached hydrogens (tertiary/aromatic N) is 1. The largest absolute Gasteiger partial charge is 0.481 e. The molecule has 0 radical (unpaired) electrons. The molecule has 0 fully saturated rings. The minimum absolute atomic E-state index is 0.223. The van der Waals surface area contributed by atoms with E-state index in [9.17, 15) is 9.59 Å². The highest BCUT2D eigenvalue weighted by molar-refractivity contribution is 5.69. The fraction of sp³-hybridized carbons (Fsp3) is 0.857. The number of carboxylic acids is 2. The van der Waals surface area contributed by atoms with Gasteiger partial charge in [0.2, 0.25) is 0 Å². The van der Waals surface area contributed by atoms with E-state index < -0.39 is 11.9 Å². The van der Waals surface area contributed by atoms with Crippen LogP contribution < -0.4 is 0 Å². The van der Waals surface area contributed by atoms with Crippen molar-refractivity contribution >= 4 is 11.9 Å². The molecule has 1 unspecified atom stereocenters. The van der Waals surface area contributed by atoms with Crippen molar-refractivity contribution in [3.8, 4) is 0 Å². The molecule has 5 nitrogen and oxygen atoms in total. The molecule has 1 atom stereocenters. The Labute approximate surface area is 115 Å². The average Bonchev–Trinajstić information content (AvgIpc) is 2.34. The van der Waals surface area contributed by atoms with Crippen LogP contribution in [0.2, 0.25) is 0 Å². The maximum Gasteiger partial charge on any atom is 0.307 e. The van der Waals surface area contributed by atoms with E-state index in [1.54, 1.807) is 6.92 Å². The van der Waals surface area contributed by atoms with Crippen molar-refractivity contribution in [1.82, 2.24) is 4.90 Å². The van der Waals surface area contributed by atoms with Gasteiger partial charge in [-0.3, -0.25) is 9.59 Å². The van der Waals surface area contributed by atoms with Gasteiger partial charge in [0.15, 0.2) is 0 Å². The third kappa shape index (κ3) is 10.5. The van der Waals surface area contributed by atoms with E-state index in [2.05, 4.69) is 11.8 Å². The van der Waals surface area contributed by atoms with Crippen LogP contribution in [0.15, 0.2) is 0 Å². The van der Waals surface area contributed by atoms with E-state index in [-0.39, 0.29) is 12.3 Å². The predicted molar refractivity (Wildman–Crippen MR) is 74.3 cm³/mol. The summed E-state index contributed by atoms with van der Waals surface area (Å²) in [4.78, 5) is 23.4. The zero-order chi connectivity index (χ0) is 14.7. The van der Waals surface area contributed by atoms with Crippen LogP contribution in [0, 0.1) is 5.92 Å². The van der Waals surface area contributed by atoms with Gasteiger partial charge >= 0.3 is 11.9 Å². The smallest absolute Gasteiger partial charge is 0.307 e. The molecule has 0 aliphatic rings. The van der Waals surface area contributed by atoms with E-state index in [1.165, 1.54) is 0 Å². The molecule has 0 bridgehead atoms. The van der Waals surface area contributed by atoms with Gasteiger partial charge in [-0.15, -0.1) is 0 Å². The summed E-state index contributed by atoms with van der Waals surface area (Å²) in [5, 5.41) is 17.5. The van der Waals surface area contributed by atoms with Crippen LogP contribution in [0.1, 0.15) is 52.4 Å². The van der Waals surface area contributed by atoms with Crippen molar-refractivity contribution in [1.29, 1.82) is 0 Å². The van der Waals surface area contributed by atoms with Crippen molar-refractivity contribution < 1.29 is 19.8 Å². The number of rotatable bonds is 12. The van der Waals surface area contributed by atoms with Gasteiger partial charge in [0, 0.05) is 13.0 Å². The summed E-state index contributed by atoms with van der Waals surface area (Å²) in [6.45, 7) is 6.20. The fourth-order valence-corrected chi connectivity index (χ4v) is 1.93. The highest BCUT2D eigenvalue weighted by atomic mass is 16.4. The van der Waals surface area contributed by atoms with Crippen LogP contribution in [-0.4, -0.2) is 46.7 Å². The Bertz CT molecular complexity index is 268. The predicted octanol–water partition coefficient (Wildman–Crippen LogP) is 2.45. The van der Waals surface area contributed by atoms with Gasteiger partial charge < -0.3 is 15.1 Å². The van der Waals surface area contributed by atoms with E-state index in [4.69, 9.17) is 10.2 Å². The van der Waals surface area contributed by atoms with E-state index in [0.29, 0.717) is 13.0 Å². The second-order valence-corrected chi connectivity index (χ2v) is 5.10. The normalized spacial score (nSPS) is 12.6. The molecule has 5 heteroatoms. The van der Waals surface area contributed by atoms with E-state index in [1.807, 2.05) is 0 Å². The van der Waals surface area contributed by atoms with Crippen molar-refractivity contribution in [2.45, 2.75) is 52.4 Å². The van der Waals surface area contributed by atoms with Gasteiger partial charge in [0.1, 0.15) is 0 Å². The molecule has 112 valence electrons. The molecule has 0 saturated carbocycles. The topological polar surface area (TPSA) is 77.8 Å². The summed E-state index contributed by atoms with van der Waals surface area (Å²) in [7, 11) is 0. The van der Waals surface area contributed by atoms with E-state index >= 15 is 0 Å². The van der Waals surface area contributed by atoms with Gasteiger partial charge in [0.05, 0.1) is 5.92 Å². The number of unbranched alkanes of at least 4 members (excludes halogenated alkanes) is 3. The fourth-order valence-electron chi connectivity index (χ4n) is 1.93. The SMILES string of the molecule is CCCCN(CCCCCC(=O)O)CC(C)C(=O)O. The van der Waals surface area contributed by atoms with Crippen molar-refractivity contribution in [3.05, 3.63) is 0 Å². The summed E-state index contributed by atoms with van der Waals surface area (Å²) in [6.07, 6.45) is 4.91. The molecule has 0 rings (SSSR count). The molecule has 0 aromatic rings. The van der Waals surface area contributed by atoms with Crippen molar-refractivity contribution in [2.75, 3.05) is 19.6 Å². The van der Waals surface area contributed by atoms with Gasteiger partial charge in [0.25, 0.3) is 0 Å². The second kappa shape index (κ2) is 10.8. The van der Waals surface area contributed by atoms with E-state index in [0.717, 1.165) is 38.8 Å². The molecule has 0 aliphatic heterocycles. The molecule has 0 heterocycles. The lowest BCUT2D eigenvalue weighted by Gasteiger charge is -2.24. The summed E-state index contributed by atoms with van der Waals surface area (Å²) >= 11 is 0. The molecule has 0 spiro atoms. The molecule has 0 aromatic heterocycles. The lowest BCUT2D eigenvalue weighted by atomic mass is 10.1. The standard InChI is InChI=1S/C14H27NO4/c1-3-4-9-15(11-12(2)14(18)19)10-7-5-6-8-13(16)17/h12H,3-11H2,1-2H3,(H,16,17)(H,18,19). The van der Waals surface area contributed by atoms with Crippen LogP contribution in [0.5, 0.6) is 0 Å². The first-order chi connectivity index (χ1) is 8.97. The Balaban J connectivity index is 3.91. The number of carboxylic acid groups (broad SMARTS) is 2. The van der Waals surface area contributed by atoms with Crippen molar-refractivity contribution in [2.24, 2.45) is 5.92 Å². The second-order valence-electron chi connectivity index (χ2n) is 5.10. The summed E-state index contributed by atoms with van der Waals surface area (Å²) in [5.41, 5.74) is 0. The number of carbonyl (C=O) groups is 2. The quantitative estimate of drug-likeness (QED) is 0.534.